The van der Waals surface area contributed by atoms with E-state index < -0.39 is 82.2 Å². The van der Waals surface area contributed by atoms with Crippen LogP contribution >= 0.6 is 0 Å². The normalized spacial score (nSPS) is 48.6. The fourth-order valence-electron chi connectivity index (χ4n) is 12.1. The average Bonchev–Trinajstić information content (AvgIpc) is 3.40. The van der Waals surface area contributed by atoms with Crippen molar-refractivity contribution in [1.82, 2.24) is 4.90 Å². The van der Waals surface area contributed by atoms with E-state index in [1.807, 2.05) is 0 Å². The minimum atomic E-state index is -1.85. The molecule has 2 N–H and O–H groups in total. The highest BCUT2D eigenvalue weighted by atomic mass is 16.6. The molecule has 6 fully saturated rings. The molecule has 14 atom stereocenters. The van der Waals surface area contributed by atoms with Crippen molar-refractivity contribution >= 4 is 18.3 Å². The topological polar surface area (TPSA) is 150 Å². The van der Waals surface area contributed by atoms with Gasteiger partial charge in [0.25, 0.3) is 0 Å². The molecule has 1 heterocycles. The first-order chi connectivity index (χ1) is 21.6. The minimum absolute atomic E-state index is 0.0504. The van der Waals surface area contributed by atoms with Crippen molar-refractivity contribution in [3.8, 4) is 0 Å². The Kier molecular flexibility index (Phi) is 7.20. The average molecular weight is 630 g/mol. The van der Waals surface area contributed by atoms with Crippen LogP contribution in [0.4, 0.5) is 0 Å². The molecule has 1 aromatic carbocycles. The second-order valence-electron chi connectivity index (χ2n) is 14.1. The number of benzene rings is 1. The zero-order valence-corrected chi connectivity index (χ0v) is 26.3. The standard InChI is InChI=1S/C33H43NO11/c1-17(36)45-33-21-19(13-31(39,28(43-5)26(33)37)27(21)44-29(38)18-9-7-6-8-10-18)32-20(41-3)11-12-30(15-40-2)14-34(16-35)25(32)22(33)23(42-4)24(30)32/h6-10,16,19-28,37,39H,11-15H2,1-5H3. The van der Waals surface area contributed by atoms with Crippen molar-refractivity contribution in [2.24, 2.45) is 34.5 Å². The Labute approximate surface area is 262 Å². The number of nitrogens with zero attached hydrogens (tertiary/aromatic N) is 1. The van der Waals surface area contributed by atoms with Gasteiger partial charge < -0.3 is 43.5 Å². The number of aliphatic hydroxyl groups is 2. The number of likely N-dealkylation sites (tertiary alicyclic amines) is 1. The summed E-state index contributed by atoms with van der Waals surface area (Å²) in [4.78, 5) is 41.7. The maximum atomic E-state index is 13.7. The molecule has 7 bridgehead atoms. The van der Waals surface area contributed by atoms with E-state index in [9.17, 15) is 24.6 Å². The van der Waals surface area contributed by atoms with Gasteiger partial charge in [0.05, 0.1) is 24.4 Å². The molecule has 1 aliphatic heterocycles. The smallest absolute Gasteiger partial charge is 0.338 e. The molecule has 246 valence electrons. The zero-order valence-electron chi connectivity index (χ0n) is 26.3. The van der Waals surface area contributed by atoms with Crippen LogP contribution in [0, 0.1) is 34.5 Å². The Balaban J connectivity index is 1.52. The number of carbonyl (C=O) groups excluding carboxylic acids is 3. The van der Waals surface area contributed by atoms with E-state index in [2.05, 4.69) is 0 Å². The number of amides is 1. The second-order valence-corrected chi connectivity index (χ2v) is 14.1. The lowest BCUT2D eigenvalue weighted by atomic mass is 9.43. The van der Waals surface area contributed by atoms with Gasteiger partial charge in [-0.05, 0) is 37.3 Å². The summed E-state index contributed by atoms with van der Waals surface area (Å²) < 4.78 is 37.1. The number of hydrogen-bond acceptors (Lipinski definition) is 11. The number of aliphatic hydroxyl groups excluding tert-OH is 1. The Hall–Kier alpha value is -2.61. The van der Waals surface area contributed by atoms with Crippen molar-refractivity contribution in [3.63, 3.8) is 0 Å². The van der Waals surface area contributed by atoms with E-state index in [0.29, 0.717) is 31.6 Å². The van der Waals surface area contributed by atoms with Gasteiger partial charge in [0.2, 0.25) is 6.41 Å². The predicted molar refractivity (Wildman–Crippen MR) is 155 cm³/mol. The van der Waals surface area contributed by atoms with Crippen molar-refractivity contribution in [3.05, 3.63) is 35.9 Å². The molecule has 45 heavy (non-hydrogen) atoms. The number of methoxy groups -OCH3 is 4. The van der Waals surface area contributed by atoms with Crippen molar-refractivity contribution in [2.45, 2.75) is 73.9 Å². The van der Waals surface area contributed by atoms with E-state index >= 15 is 0 Å². The maximum absolute atomic E-state index is 13.7. The number of rotatable bonds is 9. The number of fused-ring (bicyclic) bond motifs is 2. The summed E-state index contributed by atoms with van der Waals surface area (Å²) in [5, 5.41) is 25.1. The van der Waals surface area contributed by atoms with Crippen LogP contribution in [0.15, 0.2) is 30.3 Å². The Morgan fingerprint density at radius 3 is 2.38 bits per heavy atom. The molecule has 0 aromatic heterocycles. The van der Waals surface area contributed by atoms with Crippen LogP contribution in [0.25, 0.3) is 0 Å². The fourth-order valence-corrected chi connectivity index (χ4v) is 12.1. The van der Waals surface area contributed by atoms with Crippen LogP contribution in [0.3, 0.4) is 0 Å². The fraction of sp³-hybridized carbons (Fsp3) is 0.727. The van der Waals surface area contributed by atoms with Gasteiger partial charge in [0.15, 0.2) is 5.60 Å². The van der Waals surface area contributed by atoms with Gasteiger partial charge >= 0.3 is 11.9 Å². The predicted octanol–water partition coefficient (Wildman–Crippen LogP) is 0.814. The van der Waals surface area contributed by atoms with Crippen molar-refractivity contribution < 1.29 is 53.0 Å². The molecule has 5 aliphatic carbocycles. The first-order valence-corrected chi connectivity index (χ1v) is 15.7. The highest BCUT2D eigenvalue weighted by Gasteiger charge is 2.91. The Bertz CT molecular complexity index is 1360. The van der Waals surface area contributed by atoms with Gasteiger partial charge in [-0.3, -0.25) is 9.59 Å². The van der Waals surface area contributed by atoms with Gasteiger partial charge in [-0.15, -0.1) is 0 Å². The van der Waals surface area contributed by atoms with Gasteiger partial charge in [0.1, 0.15) is 23.9 Å². The summed E-state index contributed by atoms with van der Waals surface area (Å²) in [6, 6.07) is 7.88. The quantitative estimate of drug-likeness (QED) is 0.295. The third kappa shape index (κ3) is 3.56. The molecule has 6 aliphatic rings. The van der Waals surface area contributed by atoms with Gasteiger partial charge in [0, 0.05) is 76.5 Å². The Morgan fingerprint density at radius 2 is 1.78 bits per heavy atom. The van der Waals surface area contributed by atoms with E-state index in [-0.39, 0.29) is 18.4 Å². The van der Waals surface area contributed by atoms with E-state index in [0.717, 1.165) is 6.41 Å². The van der Waals surface area contributed by atoms with Crippen LogP contribution in [0.5, 0.6) is 0 Å². The number of esters is 2. The van der Waals surface area contributed by atoms with Crippen LogP contribution in [-0.2, 0) is 38.0 Å². The molecule has 5 saturated carbocycles. The molecular formula is C33H43NO11. The third-order valence-corrected chi connectivity index (χ3v) is 12.7. The summed E-state index contributed by atoms with van der Waals surface area (Å²) in [5.41, 5.74) is -4.68. The number of hydrogen-bond donors (Lipinski definition) is 2. The van der Waals surface area contributed by atoms with E-state index in [1.54, 1.807) is 56.6 Å². The number of carbonyl (C=O) groups is 3. The minimum Gasteiger partial charge on any atom is -0.455 e. The van der Waals surface area contributed by atoms with E-state index in [4.69, 9.17) is 28.4 Å². The highest BCUT2D eigenvalue weighted by Crippen LogP contribution is 2.80. The number of ether oxygens (including phenoxy) is 6. The molecule has 0 radical (unpaired) electrons. The summed E-state index contributed by atoms with van der Waals surface area (Å²) in [5.74, 6) is -3.75. The second kappa shape index (κ2) is 10.4. The Morgan fingerprint density at radius 1 is 1.04 bits per heavy atom. The van der Waals surface area contributed by atoms with Crippen LogP contribution in [0.1, 0.15) is 36.5 Å². The van der Waals surface area contributed by atoms with Crippen molar-refractivity contribution in [2.75, 3.05) is 41.6 Å². The maximum Gasteiger partial charge on any atom is 0.338 e. The molecule has 14 unspecified atom stereocenters. The van der Waals surface area contributed by atoms with Crippen LogP contribution in [0.2, 0.25) is 0 Å². The SMILES string of the molecule is COCC12CCC(OC)C34C5CC6(O)C(OC)C(O)C(OC(C)=O)(C5C6OC(=O)c5ccccc5)C(C(OC)C13)C4N(C=O)C2. The molecular weight excluding hydrogens is 586 g/mol. The molecule has 1 amide bonds. The lowest BCUT2D eigenvalue weighted by Crippen LogP contribution is -2.80. The van der Waals surface area contributed by atoms with Gasteiger partial charge in [-0.1, -0.05) is 18.2 Å². The lowest BCUT2D eigenvalue weighted by molar-refractivity contribution is -0.315. The van der Waals surface area contributed by atoms with Crippen molar-refractivity contribution in [1.29, 1.82) is 0 Å². The third-order valence-electron chi connectivity index (χ3n) is 12.7. The summed E-state index contributed by atoms with van der Waals surface area (Å²) in [7, 11) is 6.26. The monoisotopic (exact) mass is 629 g/mol. The lowest BCUT2D eigenvalue weighted by Gasteiger charge is -2.69. The first kappa shape index (κ1) is 31.0. The molecule has 7 rings (SSSR count). The zero-order chi connectivity index (χ0) is 32.1. The summed E-state index contributed by atoms with van der Waals surface area (Å²) >= 11 is 0. The first-order valence-electron chi connectivity index (χ1n) is 15.7. The summed E-state index contributed by atoms with van der Waals surface area (Å²) in [6.07, 6.45) is -2.81. The molecule has 1 aromatic rings. The molecule has 12 heteroatoms. The van der Waals surface area contributed by atoms with Crippen LogP contribution < -0.4 is 0 Å². The van der Waals surface area contributed by atoms with Gasteiger partial charge in [-0.2, -0.15) is 0 Å². The van der Waals surface area contributed by atoms with Crippen LogP contribution in [-0.4, -0.2) is 123 Å². The number of piperidine rings is 1. The largest absolute Gasteiger partial charge is 0.455 e. The molecule has 12 nitrogen and oxygen atoms in total. The molecule has 1 spiro atoms. The highest BCUT2D eigenvalue weighted by molar-refractivity contribution is 5.89. The summed E-state index contributed by atoms with van der Waals surface area (Å²) in [6.45, 7) is 2.01. The molecule has 1 saturated heterocycles. The van der Waals surface area contributed by atoms with E-state index in [1.165, 1.54) is 14.0 Å². The van der Waals surface area contributed by atoms with Gasteiger partial charge in [-0.25, -0.2) is 4.79 Å².